The molecule has 0 radical (unpaired) electrons. The van der Waals surface area contributed by atoms with Gasteiger partial charge < -0.3 is 10.1 Å². The molecule has 3 aromatic rings. The quantitative estimate of drug-likeness (QED) is 0.256. The van der Waals surface area contributed by atoms with Crippen molar-refractivity contribution in [3.05, 3.63) is 81.3 Å². The first-order valence-corrected chi connectivity index (χ1v) is 12.9. The number of nitrogens with one attached hydrogen (secondary N) is 1. The summed E-state index contributed by atoms with van der Waals surface area (Å²) >= 11 is 1.37. The summed E-state index contributed by atoms with van der Waals surface area (Å²) in [6.45, 7) is 3.95. The Balaban J connectivity index is 1.71. The molecule has 0 aliphatic rings. The van der Waals surface area contributed by atoms with Crippen LogP contribution in [-0.2, 0) is 25.8 Å². The van der Waals surface area contributed by atoms with Crippen LogP contribution in [0.2, 0.25) is 0 Å². The predicted molar refractivity (Wildman–Crippen MR) is 136 cm³/mol. The standard InChI is InChI=1S/C27H32F3N3O2S/c1-3-4-5-6-14-31-26(34)24-19-36-25(32-24)18-33(16-20-10-12-23(35-2)13-11-20)17-21-8-7-9-22(15-21)27(28,29)30/h7-13,15,19H,3-6,14,16-18H2,1-2H3,(H,31,34). The molecule has 1 aromatic heterocycles. The normalized spacial score (nSPS) is 11.6. The zero-order valence-electron chi connectivity index (χ0n) is 20.6. The molecule has 194 valence electrons. The summed E-state index contributed by atoms with van der Waals surface area (Å²) in [5.74, 6) is 0.530. The molecule has 1 heterocycles. The molecule has 36 heavy (non-hydrogen) atoms. The molecule has 0 aliphatic heterocycles. The number of nitrogens with zero attached hydrogens (tertiary/aromatic N) is 2. The van der Waals surface area contributed by atoms with Gasteiger partial charge in [-0.1, -0.05) is 56.5 Å². The Kier molecular flexibility index (Phi) is 10.3. The summed E-state index contributed by atoms with van der Waals surface area (Å²) in [4.78, 5) is 19.0. The second kappa shape index (κ2) is 13.4. The number of amides is 1. The van der Waals surface area contributed by atoms with Gasteiger partial charge in [0.25, 0.3) is 5.91 Å². The summed E-state index contributed by atoms with van der Waals surface area (Å²) in [5, 5.41) is 5.37. The van der Waals surface area contributed by atoms with E-state index >= 15 is 0 Å². The third kappa shape index (κ3) is 8.64. The smallest absolute Gasteiger partial charge is 0.416 e. The van der Waals surface area contributed by atoms with E-state index in [-0.39, 0.29) is 5.91 Å². The largest absolute Gasteiger partial charge is 0.497 e. The van der Waals surface area contributed by atoms with Gasteiger partial charge in [-0.05, 0) is 35.7 Å². The molecule has 0 unspecified atom stereocenters. The van der Waals surface area contributed by atoms with Crippen LogP contribution in [0.15, 0.2) is 53.9 Å². The van der Waals surface area contributed by atoms with E-state index in [2.05, 4.69) is 17.2 Å². The predicted octanol–water partition coefficient (Wildman–Crippen LogP) is 6.68. The van der Waals surface area contributed by atoms with Crippen molar-refractivity contribution in [3.8, 4) is 5.75 Å². The highest BCUT2D eigenvalue weighted by atomic mass is 32.1. The lowest BCUT2D eigenvalue weighted by Gasteiger charge is -2.22. The number of carbonyl (C=O) groups excluding carboxylic acids is 1. The first-order chi connectivity index (χ1) is 17.3. The van der Waals surface area contributed by atoms with Gasteiger partial charge in [-0.3, -0.25) is 9.69 Å². The molecule has 5 nitrogen and oxygen atoms in total. The van der Waals surface area contributed by atoms with E-state index in [0.717, 1.165) is 48.1 Å². The van der Waals surface area contributed by atoms with Crippen LogP contribution in [0.3, 0.4) is 0 Å². The zero-order chi connectivity index (χ0) is 26.0. The minimum absolute atomic E-state index is 0.200. The SMILES string of the molecule is CCCCCCNC(=O)c1csc(CN(Cc2ccc(OC)cc2)Cc2cccc(C(F)(F)F)c2)n1. The zero-order valence-corrected chi connectivity index (χ0v) is 21.4. The maximum atomic E-state index is 13.2. The second-order valence-corrected chi connectivity index (χ2v) is 9.58. The van der Waals surface area contributed by atoms with Crippen molar-refractivity contribution in [1.29, 1.82) is 0 Å². The first kappa shape index (κ1) is 27.7. The van der Waals surface area contributed by atoms with Crippen molar-refractivity contribution in [2.24, 2.45) is 0 Å². The molecule has 0 saturated heterocycles. The minimum atomic E-state index is -4.40. The van der Waals surface area contributed by atoms with Gasteiger partial charge in [0.2, 0.25) is 0 Å². The third-order valence-electron chi connectivity index (χ3n) is 5.68. The molecule has 0 atom stereocenters. The Morgan fingerprint density at radius 2 is 1.78 bits per heavy atom. The molecule has 1 N–H and O–H groups in total. The van der Waals surface area contributed by atoms with E-state index in [4.69, 9.17) is 4.74 Å². The Hall–Kier alpha value is -2.91. The Morgan fingerprint density at radius 1 is 1.03 bits per heavy atom. The van der Waals surface area contributed by atoms with Crippen molar-refractivity contribution in [2.45, 2.75) is 58.4 Å². The van der Waals surface area contributed by atoms with Gasteiger partial charge in [-0.15, -0.1) is 11.3 Å². The summed E-state index contributed by atoms with van der Waals surface area (Å²) < 4.78 is 44.9. The van der Waals surface area contributed by atoms with E-state index in [1.807, 2.05) is 29.2 Å². The molecule has 0 spiro atoms. The van der Waals surface area contributed by atoms with Crippen molar-refractivity contribution >= 4 is 17.2 Å². The second-order valence-electron chi connectivity index (χ2n) is 8.63. The number of hydrogen-bond donors (Lipinski definition) is 1. The number of carbonyl (C=O) groups is 1. The topological polar surface area (TPSA) is 54.5 Å². The molecule has 3 rings (SSSR count). The van der Waals surface area contributed by atoms with E-state index in [0.29, 0.717) is 37.4 Å². The fraction of sp³-hybridized carbons (Fsp3) is 0.407. The van der Waals surface area contributed by atoms with Crippen LogP contribution in [0.25, 0.3) is 0 Å². The fourth-order valence-electron chi connectivity index (χ4n) is 3.78. The third-order valence-corrected chi connectivity index (χ3v) is 6.52. The number of alkyl halides is 3. The van der Waals surface area contributed by atoms with Crippen LogP contribution in [0, 0.1) is 0 Å². The number of rotatable bonds is 13. The van der Waals surface area contributed by atoms with Crippen LogP contribution >= 0.6 is 11.3 Å². The highest BCUT2D eigenvalue weighted by molar-refractivity contribution is 7.09. The van der Waals surface area contributed by atoms with Gasteiger partial charge in [0.05, 0.1) is 19.2 Å². The maximum absolute atomic E-state index is 13.2. The fourth-order valence-corrected chi connectivity index (χ4v) is 4.60. The average Bonchev–Trinajstić information content (AvgIpc) is 3.32. The van der Waals surface area contributed by atoms with Crippen molar-refractivity contribution in [2.75, 3.05) is 13.7 Å². The van der Waals surface area contributed by atoms with Gasteiger partial charge in [-0.25, -0.2) is 4.98 Å². The minimum Gasteiger partial charge on any atom is -0.497 e. The first-order valence-electron chi connectivity index (χ1n) is 12.0. The van der Waals surface area contributed by atoms with Crippen LogP contribution in [0.1, 0.15) is 64.8 Å². The van der Waals surface area contributed by atoms with Gasteiger partial charge in [0.1, 0.15) is 16.5 Å². The highest BCUT2D eigenvalue weighted by Crippen LogP contribution is 2.30. The van der Waals surface area contributed by atoms with E-state index in [1.54, 1.807) is 18.6 Å². The molecule has 0 aliphatic carbocycles. The monoisotopic (exact) mass is 519 g/mol. The Labute approximate surface area is 214 Å². The Morgan fingerprint density at radius 3 is 2.47 bits per heavy atom. The summed E-state index contributed by atoms with van der Waals surface area (Å²) in [7, 11) is 1.59. The van der Waals surface area contributed by atoms with Crippen LogP contribution in [-0.4, -0.2) is 29.4 Å². The average molecular weight is 520 g/mol. The van der Waals surface area contributed by atoms with E-state index in [1.165, 1.54) is 23.5 Å². The maximum Gasteiger partial charge on any atom is 0.416 e. The summed E-state index contributed by atoms with van der Waals surface area (Å²) in [6, 6.07) is 12.9. The number of unbranched alkanes of at least 4 members (excludes halogenated alkanes) is 3. The molecule has 0 bridgehead atoms. The molecule has 9 heteroatoms. The van der Waals surface area contributed by atoms with Gasteiger partial charge in [0, 0.05) is 25.0 Å². The number of aromatic nitrogens is 1. The molecule has 0 saturated carbocycles. The lowest BCUT2D eigenvalue weighted by molar-refractivity contribution is -0.137. The summed E-state index contributed by atoms with van der Waals surface area (Å²) in [5.41, 5.74) is 1.25. The molecular formula is C27H32F3N3O2S. The number of ether oxygens (including phenoxy) is 1. The lowest BCUT2D eigenvalue weighted by atomic mass is 10.1. The van der Waals surface area contributed by atoms with Crippen LogP contribution < -0.4 is 10.1 Å². The highest BCUT2D eigenvalue weighted by Gasteiger charge is 2.30. The van der Waals surface area contributed by atoms with Gasteiger partial charge in [0.15, 0.2) is 0 Å². The number of benzene rings is 2. The number of halogens is 3. The molecule has 2 aromatic carbocycles. The molecule has 1 amide bonds. The van der Waals surface area contributed by atoms with Gasteiger partial charge in [-0.2, -0.15) is 13.2 Å². The van der Waals surface area contributed by atoms with Crippen molar-refractivity contribution in [1.82, 2.24) is 15.2 Å². The Bertz CT molecular complexity index is 1100. The number of hydrogen-bond acceptors (Lipinski definition) is 5. The van der Waals surface area contributed by atoms with Crippen LogP contribution in [0.4, 0.5) is 13.2 Å². The summed E-state index contributed by atoms with van der Waals surface area (Å²) in [6.07, 6.45) is -0.105. The number of methoxy groups -OCH3 is 1. The van der Waals surface area contributed by atoms with Crippen LogP contribution in [0.5, 0.6) is 5.75 Å². The van der Waals surface area contributed by atoms with Gasteiger partial charge >= 0.3 is 6.18 Å². The lowest BCUT2D eigenvalue weighted by Crippen LogP contribution is -2.25. The molecule has 0 fully saturated rings. The van der Waals surface area contributed by atoms with E-state index in [9.17, 15) is 18.0 Å². The number of thiazole rings is 1. The van der Waals surface area contributed by atoms with Crippen molar-refractivity contribution < 1.29 is 22.7 Å². The van der Waals surface area contributed by atoms with E-state index < -0.39 is 11.7 Å². The van der Waals surface area contributed by atoms with Crippen molar-refractivity contribution in [3.63, 3.8) is 0 Å². The molecular weight excluding hydrogens is 487 g/mol.